The first-order valence-corrected chi connectivity index (χ1v) is 9.91. The van der Waals surface area contributed by atoms with Crippen molar-refractivity contribution in [3.05, 3.63) is 11.1 Å². The van der Waals surface area contributed by atoms with Crippen LogP contribution in [0.15, 0.2) is 9.72 Å². The zero-order valence-corrected chi connectivity index (χ0v) is 15.0. The van der Waals surface area contributed by atoms with Crippen molar-refractivity contribution in [3.8, 4) is 0 Å². The van der Waals surface area contributed by atoms with E-state index in [-0.39, 0.29) is 17.6 Å². The van der Waals surface area contributed by atoms with Crippen LogP contribution in [0.3, 0.4) is 0 Å². The molecule has 0 aliphatic carbocycles. The van der Waals surface area contributed by atoms with E-state index in [1.165, 1.54) is 23.1 Å². The van der Waals surface area contributed by atoms with E-state index in [1.54, 1.807) is 5.38 Å². The highest BCUT2D eigenvalue weighted by Crippen LogP contribution is 2.25. The lowest BCUT2D eigenvalue weighted by molar-refractivity contribution is -0.129. The third-order valence-electron chi connectivity index (χ3n) is 4.29. The number of morpholine rings is 1. The molecule has 1 amide bonds. The highest BCUT2D eigenvalue weighted by Gasteiger charge is 2.32. The number of hydrogen-bond donors (Lipinski definition) is 1. The van der Waals surface area contributed by atoms with Gasteiger partial charge in [0.1, 0.15) is 0 Å². The molecule has 3 heterocycles. The first-order chi connectivity index (χ1) is 11.6. The van der Waals surface area contributed by atoms with Crippen LogP contribution in [-0.2, 0) is 9.53 Å². The maximum Gasteiger partial charge on any atom is 0.355 e. The summed E-state index contributed by atoms with van der Waals surface area (Å²) in [6.07, 6.45) is 1.54. The van der Waals surface area contributed by atoms with Crippen LogP contribution in [0, 0.1) is 0 Å². The number of ether oxygens (including phenoxy) is 1. The molecule has 3 rings (SSSR count). The molecule has 0 aromatic carbocycles. The number of aromatic carboxylic acids is 1. The number of carboxylic acids is 1. The van der Waals surface area contributed by atoms with Gasteiger partial charge in [-0.15, -0.1) is 11.3 Å². The average molecular weight is 371 g/mol. The van der Waals surface area contributed by atoms with E-state index in [9.17, 15) is 9.59 Å². The molecular formula is C15H21N3O4S2. The fraction of sp³-hybridized carbons (Fsp3) is 0.667. The molecular weight excluding hydrogens is 350 g/mol. The molecule has 0 radical (unpaired) electrons. The van der Waals surface area contributed by atoms with Crippen LogP contribution >= 0.6 is 23.1 Å². The molecule has 0 bridgehead atoms. The van der Waals surface area contributed by atoms with Crippen LogP contribution < -0.4 is 0 Å². The second-order valence-corrected chi connectivity index (χ2v) is 8.05. The van der Waals surface area contributed by atoms with E-state index in [0.29, 0.717) is 13.0 Å². The van der Waals surface area contributed by atoms with Crippen molar-refractivity contribution >= 4 is 35.0 Å². The van der Waals surface area contributed by atoms with Gasteiger partial charge in [0.25, 0.3) is 0 Å². The van der Waals surface area contributed by atoms with Gasteiger partial charge in [-0.3, -0.25) is 9.69 Å². The van der Waals surface area contributed by atoms with Crippen LogP contribution in [0.25, 0.3) is 0 Å². The van der Waals surface area contributed by atoms with Crippen molar-refractivity contribution in [1.29, 1.82) is 0 Å². The molecule has 9 heteroatoms. The average Bonchev–Trinajstić information content (AvgIpc) is 3.18. The smallest absolute Gasteiger partial charge is 0.355 e. The molecule has 0 spiro atoms. The summed E-state index contributed by atoms with van der Waals surface area (Å²) in [5, 5.41) is 10.4. The summed E-state index contributed by atoms with van der Waals surface area (Å²) in [5.74, 6) is -0.0459. The van der Waals surface area contributed by atoms with Gasteiger partial charge in [-0.25, -0.2) is 9.78 Å². The van der Waals surface area contributed by atoms with Crippen LogP contribution in [0.5, 0.6) is 0 Å². The molecule has 1 unspecified atom stereocenters. The SMILES string of the molecule is O=C(O)c1csc(SCCN2C(=O)CCC2CN2CCOCC2)n1. The number of carbonyl (C=O) groups is 2. The van der Waals surface area contributed by atoms with Gasteiger partial charge >= 0.3 is 5.97 Å². The van der Waals surface area contributed by atoms with Crippen LogP contribution in [0.4, 0.5) is 0 Å². The Balaban J connectivity index is 1.48. The van der Waals surface area contributed by atoms with E-state index < -0.39 is 5.97 Å². The molecule has 7 nitrogen and oxygen atoms in total. The Morgan fingerprint density at radius 3 is 2.96 bits per heavy atom. The fourth-order valence-corrected chi connectivity index (χ4v) is 4.83. The van der Waals surface area contributed by atoms with Crippen molar-refractivity contribution in [2.75, 3.05) is 45.1 Å². The van der Waals surface area contributed by atoms with Gasteiger partial charge in [-0.2, -0.15) is 0 Å². The largest absolute Gasteiger partial charge is 0.476 e. The molecule has 24 heavy (non-hydrogen) atoms. The summed E-state index contributed by atoms with van der Waals surface area (Å²) in [6, 6.07) is 0.280. The predicted molar refractivity (Wildman–Crippen MR) is 91.8 cm³/mol. The van der Waals surface area contributed by atoms with E-state index in [0.717, 1.165) is 49.4 Å². The Hall–Kier alpha value is -1.16. The minimum Gasteiger partial charge on any atom is -0.476 e. The zero-order valence-electron chi connectivity index (χ0n) is 13.3. The van der Waals surface area contributed by atoms with Gasteiger partial charge in [0.15, 0.2) is 10.0 Å². The Bertz CT molecular complexity index is 589. The molecule has 2 saturated heterocycles. The molecule has 1 aromatic rings. The quantitative estimate of drug-likeness (QED) is 0.723. The topological polar surface area (TPSA) is 83.0 Å². The number of rotatable bonds is 7. The van der Waals surface area contributed by atoms with E-state index in [2.05, 4.69) is 9.88 Å². The van der Waals surface area contributed by atoms with Gasteiger partial charge in [0.05, 0.1) is 13.2 Å². The third-order valence-corrected chi connectivity index (χ3v) is 6.29. The Morgan fingerprint density at radius 2 is 2.25 bits per heavy atom. The first-order valence-electron chi connectivity index (χ1n) is 8.04. The lowest BCUT2D eigenvalue weighted by atomic mass is 10.2. The Labute approximate surface area is 149 Å². The highest BCUT2D eigenvalue weighted by molar-refractivity contribution is 8.01. The van der Waals surface area contributed by atoms with Gasteiger partial charge in [0, 0.05) is 49.8 Å². The van der Waals surface area contributed by atoms with Crippen molar-refractivity contribution in [2.45, 2.75) is 23.2 Å². The highest BCUT2D eigenvalue weighted by atomic mass is 32.2. The van der Waals surface area contributed by atoms with E-state index in [1.807, 2.05) is 4.90 Å². The second kappa shape index (κ2) is 8.28. The Morgan fingerprint density at radius 1 is 1.46 bits per heavy atom. The molecule has 0 saturated carbocycles. The van der Waals surface area contributed by atoms with Crippen LogP contribution in [0.2, 0.25) is 0 Å². The van der Waals surface area contributed by atoms with Crippen molar-refractivity contribution < 1.29 is 19.4 Å². The molecule has 1 aromatic heterocycles. The van der Waals surface area contributed by atoms with Gasteiger partial charge in [-0.1, -0.05) is 11.8 Å². The minimum atomic E-state index is -1.00. The monoisotopic (exact) mass is 371 g/mol. The zero-order chi connectivity index (χ0) is 16.9. The van der Waals surface area contributed by atoms with Gasteiger partial charge < -0.3 is 14.7 Å². The summed E-state index contributed by atoms with van der Waals surface area (Å²) in [5.41, 5.74) is 0.0879. The molecule has 132 valence electrons. The number of carbonyl (C=O) groups excluding carboxylic acids is 1. The standard InChI is InChI=1S/C15H21N3O4S2/c19-13-2-1-11(9-17-3-6-22-7-4-17)18(13)5-8-23-15-16-12(10-24-15)14(20)21/h10-11H,1-9H2,(H,20,21). The first kappa shape index (κ1) is 17.7. The summed E-state index contributed by atoms with van der Waals surface area (Å²) in [6.45, 7) is 5.01. The second-order valence-electron chi connectivity index (χ2n) is 5.84. The molecule has 2 fully saturated rings. The lowest BCUT2D eigenvalue weighted by Crippen LogP contribution is -2.46. The van der Waals surface area contributed by atoms with Gasteiger partial charge in [0.2, 0.25) is 5.91 Å². The maximum atomic E-state index is 12.1. The van der Waals surface area contributed by atoms with Crippen LogP contribution in [0.1, 0.15) is 23.3 Å². The number of carboxylic acid groups (broad SMARTS) is 1. The normalized spacial score (nSPS) is 22.2. The number of thioether (sulfide) groups is 1. The number of amides is 1. The third kappa shape index (κ3) is 4.47. The fourth-order valence-electron chi connectivity index (χ4n) is 3.03. The lowest BCUT2D eigenvalue weighted by Gasteiger charge is -2.32. The number of thiazole rings is 1. The number of aromatic nitrogens is 1. The minimum absolute atomic E-state index is 0.0879. The predicted octanol–water partition coefficient (Wildman–Crippen LogP) is 1.26. The summed E-state index contributed by atoms with van der Waals surface area (Å²) < 4.78 is 6.11. The van der Waals surface area contributed by atoms with Crippen molar-refractivity contribution in [1.82, 2.24) is 14.8 Å². The maximum absolute atomic E-state index is 12.1. The Kier molecular flexibility index (Phi) is 6.09. The number of likely N-dealkylation sites (tertiary alicyclic amines) is 1. The summed E-state index contributed by atoms with van der Waals surface area (Å²) >= 11 is 2.85. The van der Waals surface area contributed by atoms with Gasteiger partial charge in [-0.05, 0) is 6.42 Å². The number of nitrogens with zero attached hydrogens (tertiary/aromatic N) is 3. The van der Waals surface area contributed by atoms with Crippen molar-refractivity contribution in [2.24, 2.45) is 0 Å². The number of hydrogen-bond acceptors (Lipinski definition) is 7. The summed E-state index contributed by atoms with van der Waals surface area (Å²) in [7, 11) is 0. The van der Waals surface area contributed by atoms with Crippen LogP contribution in [-0.4, -0.2) is 83.0 Å². The van der Waals surface area contributed by atoms with E-state index in [4.69, 9.17) is 9.84 Å². The van der Waals surface area contributed by atoms with E-state index >= 15 is 0 Å². The molecule has 2 aliphatic heterocycles. The molecule has 1 N–H and O–H groups in total. The molecule has 2 aliphatic rings. The van der Waals surface area contributed by atoms with Crippen molar-refractivity contribution in [3.63, 3.8) is 0 Å². The molecule has 1 atom stereocenters. The summed E-state index contributed by atoms with van der Waals surface area (Å²) in [4.78, 5) is 31.4.